The Kier molecular flexibility index (Phi) is 7.65. The third-order valence-corrected chi connectivity index (χ3v) is 6.47. The third kappa shape index (κ3) is 6.83. The number of carbonyl (C=O) groups excluding carboxylic acids is 1. The van der Waals surface area contributed by atoms with Gasteiger partial charge in [0.2, 0.25) is 5.88 Å². The molecule has 7 nitrogen and oxygen atoms in total. The Morgan fingerprint density at radius 2 is 1.87 bits per heavy atom. The molecule has 0 bridgehead atoms. The lowest BCUT2D eigenvalue weighted by molar-refractivity contribution is -0.137. The van der Waals surface area contributed by atoms with E-state index in [-0.39, 0.29) is 17.8 Å². The second kappa shape index (κ2) is 11.3. The number of alkyl halides is 3. The lowest BCUT2D eigenvalue weighted by Crippen LogP contribution is -2.36. The fourth-order valence-corrected chi connectivity index (χ4v) is 4.40. The van der Waals surface area contributed by atoms with Gasteiger partial charge in [-0.1, -0.05) is 35.4 Å². The molecule has 1 aliphatic carbocycles. The number of amides is 1. The molecule has 0 aliphatic heterocycles. The number of benzene rings is 1. The van der Waals surface area contributed by atoms with Crippen LogP contribution in [0.15, 0.2) is 78.9 Å². The summed E-state index contributed by atoms with van der Waals surface area (Å²) in [5, 5.41) is 7.68. The van der Waals surface area contributed by atoms with E-state index < -0.39 is 11.7 Å². The fraction of sp³-hybridized carbons (Fsp3) is 0.214. The van der Waals surface area contributed by atoms with Crippen molar-refractivity contribution < 1.29 is 22.7 Å². The lowest BCUT2D eigenvalue weighted by Gasteiger charge is -2.25. The minimum Gasteiger partial charge on any atom is -0.439 e. The van der Waals surface area contributed by atoms with Gasteiger partial charge in [0.05, 0.1) is 28.5 Å². The molecule has 200 valence electrons. The molecule has 0 radical (unpaired) electrons. The number of nitrogens with zero attached hydrogens (tertiary/aromatic N) is 4. The van der Waals surface area contributed by atoms with Gasteiger partial charge in [-0.05, 0) is 61.6 Å². The summed E-state index contributed by atoms with van der Waals surface area (Å²) in [6.07, 6.45) is 6.32. The van der Waals surface area contributed by atoms with Gasteiger partial charge in [-0.3, -0.25) is 4.79 Å². The molecule has 1 aromatic carbocycles. The zero-order valence-corrected chi connectivity index (χ0v) is 21.3. The number of pyridine rings is 2. The fourth-order valence-electron chi connectivity index (χ4n) is 4.26. The smallest absolute Gasteiger partial charge is 0.417 e. The van der Waals surface area contributed by atoms with Crippen LogP contribution in [0.2, 0.25) is 5.02 Å². The van der Waals surface area contributed by atoms with Gasteiger partial charge in [0.15, 0.2) is 5.82 Å². The van der Waals surface area contributed by atoms with Gasteiger partial charge < -0.3 is 10.1 Å². The Labute approximate surface area is 227 Å². The maximum Gasteiger partial charge on any atom is 0.417 e. The summed E-state index contributed by atoms with van der Waals surface area (Å²) in [6, 6.07) is 12.9. The van der Waals surface area contributed by atoms with E-state index in [1.807, 2.05) is 18.2 Å². The first-order valence-electron chi connectivity index (χ1n) is 12.2. The SMILES string of the molecule is O=C(NC1CCC(=Cc2cccc(Oc3ccc(C(F)(F)F)cn3)c2)CC1)c1ccc(-n2cc(Cl)cn2)nc1. The van der Waals surface area contributed by atoms with Crippen LogP contribution >= 0.6 is 11.6 Å². The monoisotopic (exact) mass is 553 g/mol. The van der Waals surface area contributed by atoms with Gasteiger partial charge in [-0.2, -0.15) is 18.3 Å². The molecule has 5 rings (SSSR count). The molecule has 1 saturated carbocycles. The molecule has 1 N–H and O–H groups in total. The highest BCUT2D eigenvalue weighted by Gasteiger charge is 2.30. The molecule has 3 heterocycles. The number of aromatic nitrogens is 4. The van der Waals surface area contributed by atoms with Crippen molar-refractivity contribution in [3.63, 3.8) is 0 Å². The molecule has 4 aromatic rings. The number of hydrogen-bond acceptors (Lipinski definition) is 5. The van der Waals surface area contributed by atoms with E-state index in [1.54, 1.807) is 24.4 Å². The van der Waals surface area contributed by atoms with E-state index in [2.05, 4.69) is 26.5 Å². The summed E-state index contributed by atoms with van der Waals surface area (Å²) >= 11 is 5.89. The van der Waals surface area contributed by atoms with Gasteiger partial charge in [0.1, 0.15) is 5.75 Å². The molecule has 3 aromatic heterocycles. The largest absolute Gasteiger partial charge is 0.439 e. The molecule has 0 spiro atoms. The summed E-state index contributed by atoms with van der Waals surface area (Å²) < 4.78 is 45.4. The van der Waals surface area contributed by atoms with Gasteiger partial charge >= 0.3 is 6.18 Å². The molecular formula is C28H23ClF3N5O2. The molecule has 1 amide bonds. The highest BCUT2D eigenvalue weighted by Crippen LogP contribution is 2.31. The molecule has 1 fully saturated rings. The number of allylic oxidation sites excluding steroid dienone is 1. The maximum absolute atomic E-state index is 12.7. The van der Waals surface area contributed by atoms with Crippen molar-refractivity contribution in [2.24, 2.45) is 0 Å². The van der Waals surface area contributed by atoms with Crippen molar-refractivity contribution in [2.45, 2.75) is 37.9 Å². The molecule has 1 aliphatic rings. The number of ether oxygens (including phenoxy) is 1. The average molecular weight is 554 g/mol. The predicted molar refractivity (Wildman–Crippen MR) is 140 cm³/mol. The summed E-state index contributed by atoms with van der Waals surface area (Å²) in [5.74, 6) is 0.954. The quantitative estimate of drug-likeness (QED) is 0.281. The number of nitrogens with one attached hydrogen (secondary N) is 1. The Balaban J connectivity index is 1.14. The predicted octanol–water partition coefficient (Wildman–Crippen LogP) is 6.88. The van der Waals surface area contributed by atoms with E-state index >= 15 is 0 Å². The van der Waals surface area contributed by atoms with Crippen molar-refractivity contribution in [1.29, 1.82) is 0 Å². The van der Waals surface area contributed by atoms with Crippen LogP contribution in [0.4, 0.5) is 13.2 Å². The lowest BCUT2D eigenvalue weighted by atomic mass is 9.89. The van der Waals surface area contributed by atoms with Crippen LogP contribution in [0.1, 0.15) is 47.2 Å². The summed E-state index contributed by atoms with van der Waals surface area (Å²) in [4.78, 5) is 20.8. The van der Waals surface area contributed by atoms with Crippen molar-refractivity contribution in [3.8, 4) is 17.4 Å². The number of carbonyl (C=O) groups is 1. The third-order valence-electron chi connectivity index (χ3n) is 6.27. The normalized spacial score (nSPS) is 15.6. The molecule has 39 heavy (non-hydrogen) atoms. The molecule has 0 unspecified atom stereocenters. The van der Waals surface area contributed by atoms with Crippen LogP contribution in [-0.4, -0.2) is 31.7 Å². The van der Waals surface area contributed by atoms with Gasteiger partial charge in [0, 0.05) is 24.5 Å². The van der Waals surface area contributed by atoms with E-state index in [9.17, 15) is 18.0 Å². The van der Waals surface area contributed by atoms with Crippen LogP contribution in [0, 0.1) is 0 Å². The van der Waals surface area contributed by atoms with Crippen LogP contribution in [0.25, 0.3) is 11.9 Å². The summed E-state index contributed by atoms with van der Waals surface area (Å²) in [7, 11) is 0. The highest BCUT2D eigenvalue weighted by molar-refractivity contribution is 6.30. The molecule has 0 saturated heterocycles. The second-order valence-corrected chi connectivity index (χ2v) is 9.55. The van der Waals surface area contributed by atoms with E-state index in [4.69, 9.17) is 16.3 Å². The number of rotatable bonds is 6. The highest BCUT2D eigenvalue weighted by atomic mass is 35.5. The maximum atomic E-state index is 12.7. The summed E-state index contributed by atoms with van der Waals surface area (Å²) in [6.45, 7) is 0. The molecule has 11 heteroatoms. The first-order chi connectivity index (χ1) is 18.7. The van der Waals surface area contributed by atoms with Crippen LogP contribution in [-0.2, 0) is 6.18 Å². The minimum atomic E-state index is -4.45. The minimum absolute atomic E-state index is 0.0552. The Morgan fingerprint density at radius 1 is 1.05 bits per heavy atom. The van der Waals surface area contributed by atoms with E-state index in [1.165, 1.54) is 28.7 Å². The average Bonchev–Trinajstić information content (AvgIpc) is 3.36. The van der Waals surface area contributed by atoms with E-state index in [0.29, 0.717) is 22.2 Å². The standard InChI is InChI=1S/C28H23ClF3N5O2/c29-22-16-35-37(17-22)25-10-6-20(14-33-25)27(38)36-23-8-4-18(5-9-23)12-19-2-1-3-24(13-19)39-26-11-7-21(15-34-26)28(30,31)32/h1-3,6-7,10-17,23H,4-5,8-9H2,(H,36,38). The Hall–Kier alpha value is -4.18. The van der Waals surface area contributed by atoms with Crippen molar-refractivity contribution in [2.75, 3.05) is 0 Å². The Morgan fingerprint density at radius 3 is 2.51 bits per heavy atom. The second-order valence-electron chi connectivity index (χ2n) is 9.12. The Bertz CT molecular complexity index is 1470. The zero-order valence-electron chi connectivity index (χ0n) is 20.5. The first-order valence-corrected chi connectivity index (χ1v) is 12.6. The van der Waals surface area contributed by atoms with Gasteiger partial charge in [0.25, 0.3) is 5.91 Å². The first kappa shape index (κ1) is 26.4. The van der Waals surface area contributed by atoms with E-state index in [0.717, 1.165) is 43.5 Å². The van der Waals surface area contributed by atoms with Crippen LogP contribution in [0.5, 0.6) is 11.6 Å². The summed E-state index contributed by atoms with van der Waals surface area (Å²) in [5.41, 5.74) is 1.80. The number of hydrogen-bond donors (Lipinski definition) is 1. The molecule has 0 atom stereocenters. The molecular weight excluding hydrogens is 531 g/mol. The topological polar surface area (TPSA) is 81.9 Å². The van der Waals surface area contributed by atoms with Gasteiger partial charge in [-0.15, -0.1) is 0 Å². The van der Waals surface area contributed by atoms with Crippen molar-refractivity contribution in [3.05, 3.63) is 101 Å². The van der Waals surface area contributed by atoms with Crippen LogP contribution in [0.3, 0.4) is 0 Å². The van der Waals surface area contributed by atoms with Crippen LogP contribution < -0.4 is 10.1 Å². The van der Waals surface area contributed by atoms with Crippen molar-refractivity contribution in [1.82, 2.24) is 25.1 Å². The number of halogens is 4. The van der Waals surface area contributed by atoms with Gasteiger partial charge in [-0.25, -0.2) is 14.6 Å². The zero-order chi connectivity index (χ0) is 27.4. The van der Waals surface area contributed by atoms with Crippen molar-refractivity contribution >= 4 is 23.6 Å².